The zero-order valence-electron chi connectivity index (χ0n) is 19.0. The van der Waals surface area contributed by atoms with Crippen LogP contribution in [-0.2, 0) is 21.4 Å². The number of halogens is 1. The summed E-state index contributed by atoms with van der Waals surface area (Å²) in [6.45, 7) is 6.24. The number of Topliss-reactive ketones (excluding diaryl/α,β-unsaturated/α-hetero) is 1. The Bertz CT molecular complexity index is 1350. The van der Waals surface area contributed by atoms with Crippen LogP contribution < -0.4 is 0 Å². The zero-order chi connectivity index (χ0) is 22.8. The molecule has 5 rings (SSSR count). The van der Waals surface area contributed by atoms with Crippen LogP contribution in [0.5, 0.6) is 0 Å². The van der Waals surface area contributed by atoms with Crippen molar-refractivity contribution in [2.24, 2.45) is 0 Å². The van der Waals surface area contributed by atoms with E-state index in [-0.39, 0.29) is 17.0 Å². The van der Waals surface area contributed by atoms with Crippen LogP contribution in [0.1, 0.15) is 41.9 Å². The van der Waals surface area contributed by atoms with Crippen molar-refractivity contribution in [2.75, 3.05) is 14.2 Å². The lowest BCUT2D eigenvalue weighted by Crippen LogP contribution is -2.30. The average molecular weight is 430 g/mol. The molecule has 5 heteroatoms. The minimum Gasteiger partial charge on any atom is -0.495 e. The summed E-state index contributed by atoms with van der Waals surface area (Å²) in [7, 11) is 3.61. The minimum absolute atomic E-state index is 0.0783. The molecule has 0 amide bonds. The van der Waals surface area contributed by atoms with E-state index < -0.39 is 0 Å². The maximum atomic E-state index is 14.2. The standard InChI is InChI=1S/C27H25FN2O2/c1-15-23(17-13-16(28)9-8-11-20(17)29-15)24-25(31)18(26(24)32-5)14-22-27(2,3)19-10-6-7-12-21(19)30(22)4/h6-10,12-14H,11H2,1-5H3/p+1. The smallest absolute Gasteiger partial charge is 0.209 e. The molecule has 2 aliphatic carbocycles. The summed E-state index contributed by atoms with van der Waals surface area (Å²) < 4.78 is 22.0. The van der Waals surface area contributed by atoms with Gasteiger partial charge in [-0.15, -0.1) is 0 Å². The molecule has 162 valence electrons. The second-order valence-corrected chi connectivity index (χ2v) is 9.03. The van der Waals surface area contributed by atoms with E-state index in [9.17, 15) is 9.18 Å². The Morgan fingerprint density at radius 1 is 1.25 bits per heavy atom. The number of aryl methyl sites for hydroxylation is 1. The fraction of sp³-hybridized carbons (Fsp3) is 0.259. The predicted octanol–water partition coefficient (Wildman–Crippen LogP) is 5.32. The maximum absolute atomic E-state index is 14.2. The Morgan fingerprint density at radius 2 is 2.00 bits per heavy atom. The molecule has 4 nitrogen and oxygen atoms in total. The first kappa shape index (κ1) is 20.4. The highest BCUT2D eigenvalue weighted by molar-refractivity contribution is 6.40. The number of allylic oxidation sites excluding steroid dienone is 6. The van der Waals surface area contributed by atoms with Gasteiger partial charge in [-0.25, -0.2) is 4.39 Å². The summed E-state index contributed by atoms with van der Waals surface area (Å²) in [5, 5.41) is 0. The van der Waals surface area contributed by atoms with E-state index in [0.717, 1.165) is 33.9 Å². The largest absolute Gasteiger partial charge is 0.495 e. The van der Waals surface area contributed by atoms with Crippen LogP contribution in [0.2, 0.25) is 0 Å². The number of hydrogen-bond donors (Lipinski definition) is 1. The van der Waals surface area contributed by atoms with E-state index in [0.29, 0.717) is 23.3 Å². The molecular formula is C27H26FN2O2+. The molecule has 32 heavy (non-hydrogen) atoms. The van der Waals surface area contributed by atoms with Crippen molar-refractivity contribution in [2.45, 2.75) is 32.6 Å². The SMILES string of the molecule is COC1=C(c2c(C)[nH]c3c2C=C(F)C=CC3)C(=O)/C1=C\C1=[N+](C)c2ccccc2C1(C)C. The molecule has 0 radical (unpaired) electrons. The number of ketones is 1. The Labute approximate surface area is 187 Å². The third-order valence-corrected chi connectivity index (χ3v) is 6.81. The fourth-order valence-corrected chi connectivity index (χ4v) is 5.21. The quantitative estimate of drug-likeness (QED) is 0.530. The van der Waals surface area contributed by atoms with Gasteiger partial charge in [-0.2, -0.15) is 4.58 Å². The molecule has 0 spiro atoms. The lowest BCUT2D eigenvalue weighted by molar-refractivity contribution is -0.401. The van der Waals surface area contributed by atoms with Crippen molar-refractivity contribution in [1.82, 2.24) is 4.98 Å². The second kappa shape index (κ2) is 7.02. The van der Waals surface area contributed by atoms with E-state index in [1.54, 1.807) is 13.2 Å². The summed E-state index contributed by atoms with van der Waals surface area (Å²) in [5.74, 6) is 0.151. The van der Waals surface area contributed by atoms with Gasteiger partial charge in [-0.3, -0.25) is 4.79 Å². The van der Waals surface area contributed by atoms with E-state index in [1.807, 2.05) is 32.2 Å². The number of methoxy groups -OCH3 is 1. The van der Waals surface area contributed by atoms with Crippen LogP contribution in [0.15, 0.2) is 59.7 Å². The van der Waals surface area contributed by atoms with Gasteiger partial charge in [0.05, 0.1) is 23.7 Å². The first-order chi connectivity index (χ1) is 15.3. The number of hydrogen-bond acceptors (Lipinski definition) is 2. The predicted molar refractivity (Wildman–Crippen MR) is 125 cm³/mol. The number of benzene rings is 1. The van der Waals surface area contributed by atoms with Gasteiger partial charge in [0.25, 0.3) is 0 Å². The van der Waals surface area contributed by atoms with Crippen LogP contribution in [0.3, 0.4) is 0 Å². The number of fused-ring (bicyclic) bond motifs is 2. The molecular weight excluding hydrogens is 403 g/mol. The van der Waals surface area contributed by atoms with Gasteiger partial charge in [0.2, 0.25) is 11.5 Å². The average Bonchev–Trinajstić information content (AvgIpc) is 3.05. The number of ether oxygens (including phenoxy) is 1. The fourth-order valence-electron chi connectivity index (χ4n) is 5.21. The van der Waals surface area contributed by atoms with Crippen molar-refractivity contribution in [3.63, 3.8) is 0 Å². The molecule has 1 N–H and O–H groups in total. The van der Waals surface area contributed by atoms with Crippen LogP contribution in [-0.4, -0.2) is 35.2 Å². The zero-order valence-corrected chi connectivity index (χ0v) is 19.0. The molecule has 2 heterocycles. The minimum atomic E-state index is -0.325. The Morgan fingerprint density at radius 3 is 2.72 bits per heavy atom. The van der Waals surface area contributed by atoms with Crippen molar-refractivity contribution < 1.29 is 18.5 Å². The number of aromatic nitrogens is 1. The summed E-state index contributed by atoms with van der Waals surface area (Å²) >= 11 is 0. The van der Waals surface area contributed by atoms with Gasteiger partial charge in [0, 0.05) is 46.6 Å². The second-order valence-electron chi connectivity index (χ2n) is 9.03. The third kappa shape index (κ3) is 2.73. The lowest BCUT2D eigenvalue weighted by Gasteiger charge is -2.26. The van der Waals surface area contributed by atoms with E-state index in [2.05, 4.69) is 35.5 Å². The molecule has 0 unspecified atom stereocenters. The lowest BCUT2D eigenvalue weighted by atomic mass is 9.77. The molecule has 2 aromatic rings. The van der Waals surface area contributed by atoms with Crippen molar-refractivity contribution >= 4 is 28.8 Å². The number of nitrogens with one attached hydrogen (secondary N) is 1. The first-order valence-electron chi connectivity index (χ1n) is 10.8. The Balaban J connectivity index is 1.65. The molecule has 0 saturated carbocycles. The normalized spacial score (nSPS) is 20.2. The molecule has 0 saturated heterocycles. The highest BCUT2D eigenvalue weighted by Crippen LogP contribution is 2.45. The number of carbonyl (C=O) groups is 1. The van der Waals surface area contributed by atoms with Crippen molar-refractivity contribution in [1.29, 1.82) is 0 Å². The number of carbonyl (C=O) groups excluding carboxylic acids is 1. The van der Waals surface area contributed by atoms with Crippen LogP contribution in [0.4, 0.5) is 10.1 Å². The van der Waals surface area contributed by atoms with Gasteiger partial charge in [0.15, 0.2) is 5.71 Å². The monoisotopic (exact) mass is 429 g/mol. The number of para-hydroxylation sites is 1. The van der Waals surface area contributed by atoms with E-state index in [1.165, 1.54) is 17.7 Å². The third-order valence-electron chi connectivity index (χ3n) is 6.81. The van der Waals surface area contributed by atoms with Gasteiger partial charge in [0.1, 0.15) is 18.6 Å². The van der Waals surface area contributed by atoms with Gasteiger partial charge in [-0.05, 0) is 32.9 Å². The summed E-state index contributed by atoms with van der Waals surface area (Å²) in [5.41, 5.74) is 7.41. The highest BCUT2D eigenvalue weighted by atomic mass is 19.1. The van der Waals surface area contributed by atoms with Gasteiger partial charge < -0.3 is 9.72 Å². The topological polar surface area (TPSA) is 45.1 Å². The van der Waals surface area contributed by atoms with Crippen molar-refractivity contribution in [3.05, 3.63) is 87.7 Å². The molecule has 3 aliphatic rings. The Hall–Kier alpha value is -3.47. The molecule has 0 fully saturated rings. The summed E-state index contributed by atoms with van der Waals surface area (Å²) in [4.78, 5) is 16.8. The summed E-state index contributed by atoms with van der Waals surface area (Å²) in [6.07, 6.45) is 7.26. The number of nitrogens with zero attached hydrogens (tertiary/aromatic N) is 1. The van der Waals surface area contributed by atoms with Crippen molar-refractivity contribution in [3.8, 4) is 0 Å². The molecule has 1 aromatic carbocycles. The first-order valence-corrected chi connectivity index (χ1v) is 10.8. The molecule has 1 aromatic heterocycles. The molecule has 0 bridgehead atoms. The molecule has 0 atom stereocenters. The number of rotatable bonds is 3. The summed E-state index contributed by atoms with van der Waals surface area (Å²) in [6, 6.07) is 8.29. The van der Waals surface area contributed by atoms with Crippen LogP contribution in [0.25, 0.3) is 11.6 Å². The van der Waals surface area contributed by atoms with Crippen LogP contribution in [0, 0.1) is 6.92 Å². The van der Waals surface area contributed by atoms with E-state index >= 15 is 0 Å². The van der Waals surface area contributed by atoms with Gasteiger partial charge >= 0.3 is 0 Å². The van der Waals surface area contributed by atoms with Gasteiger partial charge in [-0.1, -0.05) is 24.3 Å². The number of H-pyrrole nitrogens is 1. The number of aromatic amines is 1. The molecule has 1 aliphatic heterocycles. The van der Waals surface area contributed by atoms with Crippen LogP contribution >= 0.6 is 0 Å². The maximum Gasteiger partial charge on any atom is 0.209 e. The Kier molecular flexibility index (Phi) is 4.48. The van der Waals surface area contributed by atoms with E-state index in [4.69, 9.17) is 4.74 Å². The highest BCUT2D eigenvalue weighted by Gasteiger charge is 2.46.